The van der Waals surface area contributed by atoms with Gasteiger partial charge in [0.1, 0.15) is 5.69 Å². The van der Waals surface area contributed by atoms with Gasteiger partial charge in [-0.05, 0) is 52.7 Å². The number of anilines is 2. The van der Waals surface area contributed by atoms with Gasteiger partial charge in [-0.2, -0.15) is 0 Å². The molecule has 0 unspecified atom stereocenters. The van der Waals surface area contributed by atoms with Gasteiger partial charge in [-0.3, -0.25) is 4.79 Å². The smallest absolute Gasteiger partial charge is 0.270 e. The maximum Gasteiger partial charge on any atom is 0.270 e. The number of halogens is 1. The minimum Gasteiger partial charge on any atom is -0.353 e. The molecule has 5 heteroatoms. The second-order valence-corrected chi connectivity index (χ2v) is 5.39. The molecule has 0 saturated carbocycles. The highest BCUT2D eigenvalue weighted by Gasteiger charge is 2.06. The highest BCUT2D eigenvalue weighted by molar-refractivity contribution is 9.10. The van der Waals surface area contributed by atoms with E-state index in [4.69, 9.17) is 0 Å². The molecule has 1 aromatic heterocycles. The van der Waals surface area contributed by atoms with Crippen LogP contribution in [0.25, 0.3) is 0 Å². The molecule has 4 nitrogen and oxygen atoms in total. The van der Waals surface area contributed by atoms with Crippen LogP contribution >= 0.6 is 15.9 Å². The third kappa shape index (κ3) is 4.16. The van der Waals surface area contributed by atoms with Crippen LogP contribution in [0.1, 0.15) is 16.1 Å². The fourth-order valence-corrected chi connectivity index (χ4v) is 2.33. The van der Waals surface area contributed by atoms with Crippen LogP contribution in [-0.2, 0) is 0 Å². The molecule has 0 aliphatic heterocycles. The van der Waals surface area contributed by atoms with Crippen molar-refractivity contribution in [2.24, 2.45) is 0 Å². The van der Waals surface area contributed by atoms with Crippen LogP contribution in [0.3, 0.4) is 0 Å². The van der Waals surface area contributed by atoms with E-state index in [0.717, 1.165) is 15.8 Å². The predicted octanol–water partition coefficient (Wildman–Crippen LogP) is 3.81. The summed E-state index contributed by atoms with van der Waals surface area (Å²) in [5, 5.41) is 5.94. The van der Waals surface area contributed by atoms with E-state index >= 15 is 0 Å². The minimum atomic E-state index is -0.210. The first kappa shape index (κ1) is 15.3. The van der Waals surface area contributed by atoms with E-state index in [1.54, 1.807) is 18.3 Å². The van der Waals surface area contributed by atoms with Gasteiger partial charge in [0.2, 0.25) is 0 Å². The number of benzene rings is 1. The van der Waals surface area contributed by atoms with Crippen LogP contribution in [0.15, 0.2) is 53.7 Å². The zero-order valence-electron chi connectivity index (χ0n) is 11.7. The van der Waals surface area contributed by atoms with Gasteiger partial charge >= 0.3 is 0 Å². The molecule has 0 bridgehead atoms. The van der Waals surface area contributed by atoms with Gasteiger partial charge in [0, 0.05) is 11.0 Å². The molecular weight excluding hydrogens is 330 g/mol. The molecule has 1 aromatic carbocycles. The summed E-state index contributed by atoms with van der Waals surface area (Å²) in [6, 6.07) is 9.56. The van der Waals surface area contributed by atoms with Crippen molar-refractivity contribution >= 4 is 33.2 Å². The van der Waals surface area contributed by atoms with Gasteiger partial charge in [-0.25, -0.2) is 4.98 Å². The zero-order chi connectivity index (χ0) is 15.2. The average molecular weight is 346 g/mol. The average Bonchev–Trinajstić information content (AvgIpc) is 2.48. The van der Waals surface area contributed by atoms with Crippen LogP contribution in [0.4, 0.5) is 11.4 Å². The van der Waals surface area contributed by atoms with Crippen LogP contribution < -0.4 is 10.6 Å². The Bertz CT molecular complexity index is 653. The highest BCUT2D eigenvalue weighted by Crippen LogP contribution is 2.26. The molecule has 0 aliphatic rings. The number of hydrogen-bond donors (Lipinski definition) is 2. The Balaban J connectivity index is 2.08. The summed E-state index contributed by atoms with van der Waals surface area (Å²) >= 11 is 3.51. The summed E-state index contributed by atoms with van der Waals surface area (Å²) in [6.45, 7) is 6.01. The highest BCUT2D eigenvalue weighted by atomic mass is 79.9. The van der Waals surface area contributed by atoms with Crippen molar-refractivity contribution in [3.8, 4) is 0 Å². The molecular formula is C16H16BrN3O. The summed E-state index contributed by atoms with van der Waals surface area (Å²) in [5.41, 5.74) is 3.33. The lowest BCUT2D eigenvalue weighted by Crippen LogP contribution is -2.24. The Morgan fingerprint density at radius 2 is 2.19 bits per heavy atom. The molecule has 108 valence electrons. The van der Waals surface area contributed by atoms with Crippen molar-refractivity contribution in [3.05, 3.63) is 64.9 Å². The molecule has 2 rings (SSSR count). The quantitative estimate of drug-likeness (QED) is 0.810. The first-order valence-electron chi connectivity index (χ1n) is 6.48. The van der Waals surface area contributed by atoms with Crippen molar-refractivity contribution in [2.45, 2.75) is 6.92 Å². The Kier molecular flexibility index (Phi) is 5.11. The number of carbonyl (C=O) groups excluding carboxylic acids is 1. The number of amides is 1. The van der Waals surface area contributed by atoms with Gasteiger partial charge in [0.15, 0.2) is 0 Å². The molecule has 0 atom stereocenters. The summed E-state index contributed by atoms with van der Waals surface area (Å²) in [4.78, 5) is 15.9. The molecule has 1 amide bonds. The predicted molar refractivity (Wildman–Crippen MR) is 88.9 cm³/mol. The first-order chi connectivity index (χ1) is 10.1. The summed E-state index contributed by atoms with van der Waals surface area (Å²) < 4.78 is 0.982. The van der Waals surface area contributed by atoms with Gasteiger partial charge in [0.25, 0.3) is 5.91 Å². The maximum atomic E-state index is 11.7. The molecule has 2 aromatic rings. The SMILES string of the molecule is C=CCNC(=O)c1ccc(Nc2ccc(C)cc2Br)cn1. The van der Waals surface area contributed by atoms with Crippen LogP contribution in [0, 0.1) is 6.92 Å². The van der Waals surface area contributed by atoms with E-state index in [0.29, 0.717) is 12.2 Å². The van der Waals surface area contributed by atoms with Crippen molar-refractivity contribution in [3.63, 3.8) is 0 Å². The Morgan fingerprint density at radius 1 is 1.38 bits per heavy atom. The normalized spacial score (nSPS) is 10.0. The second kappa shape index (κ2) is 7.04. The van der Waals surface area contributed by atoms with Crippen LogP contribution in [0.5, 0.6) is 0 Å². The standard InChI is InChI=1S/C16H16BrN3O/c1-3-8-18-16(21)15-7-5-12(10-19-15)20-14-6-4-11(2)9-13(14)17/h3-7,9-10,20H,1,8H2,2H3,(H,18,21). The van der Waals surface area contributed by atoms with E-state index in [-0.39, 0.29) is 5.91 Å². The van der Waals surface area contributed by atoms with Crippen molar-refractivity contribution in [1.29, 1.82) is 0 Å². The number of aromatic nitrogens is 1. The maximum absolute atomic E-state index is 11.7. The molecule has 21 heavy (non-hydrogen) atoms. The number of pyridine rings is 1. The van der Waals surface area contributed by atoms with Gasteiger partial charge in [-0.1, -0.05) is 12.1 Å². The summed E-state index contributed by atoms with van der Waals surface area (Å²) in [6.07, 6.45) is 3.26. The van der Waals surface area contributed by atoms with Gasteiger partial charge in [-0.15, -0.1) is 6.58 Å². The number of nitrogens with one attached hydrogen (secondary N) is 2. The summed E-state index contributed by atoms with van der Waals surface area (Å²) in [5.74, 6) is -0.210. The lowest BCUT2D eigenvalue weighted by molar-refractivity contribution is 0.0953. The minimum absolute atomic E-state index is 0.210. The fraction of sp³-hybridized carbons (Fsp3) is 0.125. The lowest BCUT2D eigenvalue weighted by atomic mass is 10.2. The third-order valence-corrected chi connectivity index (χ3v) is 3.46. The van der Waals surface area contributed by atoms with Crippen LogP contribution in [-0.4, -0.2) is 17.4 Å². The molecule has 0 saturated heterocycles. The molecule has 0 aliphatic carbocycles. The number of aryl methyl sites for hydroxylation is 1. The van der Waals surface area contributed by atoms with E-state index in [1.807, 2.05) is 31.2 Å². The molecule has 1 heterocycles. The topological polar surface area (TPSA) is 54.0 Å². The molecule has 0 spiro atoms. The Labute approximate surface area is 132 Å². The Morgan fingerprint density at radius 3 is 2.81 bits per heavy atom. The van der Waals surface area contributed by atoms with E-state index in [9.17, 15) is 4.79 Å². The van der Waals surface area contributed by atoms with E-state index in [1.165, 1.54) is 5.56 Å². The number of carbonyl (C=O) groups is 1. The molecule has 0 fully saturated rings. The van der Waals surface area contributed by atoms with Crippen LogP contribution in [0.2, 0.25) is 0 Å². The second-order valence-electron chi connectivity index (χ2n) is 4.54. The summed E-state index contributed by atoms with van der Waals surface area (Å²) in [7, 11) is 0. The zero-order valence-corrected chi connectivity index (χ0v) is 13.3. The monoisotopic (exact) mass is 345 g/mol. The van der Waals surface area contributed by atoms with Crippen molar-refractivity contribution in [1.82, 2.24) is 10.3 Å². The molecule has 0 radical (unpaired) electrons. The number of hydrogen-bond acceptors (Lipinski definition) is 3. The van der Waals surface area contributed by atoms with Crippen molar-refractivity contribution < 1.29 is 4.79 Å². The Hall–Kier alpha value is -2.14. The number of nitrogens with zero attached hydrogens (tertiary/aromatic N) is 1. The van der Waals surface area contributed by atoms with E-state index < -0.39 is 0 Å². The van der Waals surface area contributed by atoms with Crippen molar-refractivity contribution in [2.75, 3.05) is 11.9 Å². The number of rotatable bonds is 5. The van der Waals surface area contributed by atoms with Gasteiger partial charge < -0.3 is 10.6 Å². The third-order valence-electron chi connectivity index (χ3n) is 2.81. The van der Waals surface area contributed by atoms with Gasteiger partial charge in [0.05, 0.1) is 17.6 Å². The largest absolute Gasteiger partial charge is 0.353 e. The first-order valence-corrected chi connectivity index (χ1v) is 7.28. The van der Waals surface area contributed by atoms with E-state index in [2.05, 4.69) is 38.1 Å². The fourth-order valence-electron chi connectivity index (χ4n) is 1.73. The molecule has 2 N–H and O–H groups in total. The lowest BCUT2D eigenvalue weighted by Gasteiger charge is -2.09.